The largest absolute Gasteiger partial charge is 0.497 e. The van der Waals surface area contributed by atoms with Crippen LogP contribution in [0, 0.1) is 5.92 Å². The highest BCUT2D eigenvalue weighted by Gasteiger charge is 2.14. The summed E-state index contributed by atoms with van der Waals surface area (Å²) in [5.74, 6) is 0.0656. The first-order valence-electron chi connectivity index (χ1n) is 5.34. The first kappa shape index (κ1) is 13.2. The maximum Gasteiger partial charge on any atom is 0.306 e. The van der Waals surface area contributed by atoms with E-state index in [1.54, 1.807) is 7.11 Å². The molecule has 0 spiro atoms. The van der Waals surface area contributed by atoms with Gasteiger partial charge < -0.3 is 14.3 Å². The fourth-order valence-corrected chi connectivity index (χ4v) is 1.53. The summed E-state index contributed by atoms with van der Waals surface area (Å²) in [5.41, 5.74) is 0.992. The number of aldehydes is 1. The zero-order valence-corrected chi connectivity index (χ0v) is 10.0. The lowest BCUT2D eigenvalue weighted by molar-refractivity contribution is -0.142. The smallest absolute Gasteiger partial charge is 0.306 e. The Hall–Kier alpha value is -1.84. The molecule has 0 N–H and O–H groups in total. The molecule has 0 radical (unpaired) electrons. The average Bonchev–Trinajstić information content (AvgIpc) is 2.38. The van der Waals surface area contributed by atoms with Gasteiger partial charge in [-0.3, -0.25) is 4.79 Å². The van der Waals surface area contributed by atoms with Crippen LogP contribution in [-0.4, -0.2) is 26.5 Å². The molecule has 17 heavy (non-hydrogen) atoms. The van der Waals surface area contributed by atoms with Crippen molar-refractivity contribution in [1.29, 1.82) is 0 Å². The van der Waals surface area contributed by atoms with Crippen molar-refractivity contribution in [2.75, 3.05) is 14.2 Å². The van der Waals surface area contributed by atoms with Gasteiger partial charge in [0.1, 0.15) is 12.0 Å². The van der Waals surface area contributed by atoms with Crippen LogP contribution < -0.4 is 4.74 Å². The van der Waals surface area contributed by atoms with Crippen molar-refractivity contribution in [2.45, 2.75) is 12.8 Å². The normalized spacial score (nSPS) is 11.6. The lowest BCUT2D eigenvalue weighted by Gasteiger charge is -2.09. The molecule has 0 fully saturated rings. The first-order valence-corrected chi connectivity index (χ1v) is 5.34. The third-order valence-electron chi connectivity index (χ3n) is 2.51. The second kappa shape index (κ2) is 6.68. The summed E-state index contributed by atoms with van der Waals surface area (Å²) in [6.45, 7) is 0. The van der Waals surface area contributed by atoms with Gasteiger partial charge in [-0.25, -0.2) is 0 Å². The Morgan fingerprint density at radius 3 is 2.41 bits per heavy atom. The minimum atomic E-state index is -0.365. The molecule has 0 saturated heterocycles. The third kappa shape index (κ3) is 4.26. The van der Waals surface area contributed by atoms with Gasteiger partial charge in [-0.05, 0) is 24.1 Å². The minimum absolute atomic E-state index is 0.117. The molecule has 4 heteroatoms. The van der Waals surface area contributed by atoms with Gasteiger partial charge in [-0.2, -0.15) is 0 Å². The van der Waals surface area contributed by atoms with E-state index < -0.39 is 0 Å². The molecular weight excluding hydrogens is 220 g/mol. The molecule has 0 aliphatic heterocycles. The van der Waals surface area contributed by atoms with Gasteiger partial charge >= 0.3 is 5.97 Å². The van der Waals surface area contributed by atoms with E-state index in [2.05, 4.69) is 4.74 Å². The number of rotatable bonds is 6. The fraction of sp³-hybridized carbons (Fsp3) is 0.385. The van der Waals surface area contributed by atoms with E-state index >= 15 is 0 Å². The van der Waals surface area contributed by atoms with Crippen LogP contribution in [0.2, 0.25) is 0 Å². The predicted octanol–water partition coefficient (Wildman–Crippen LogP) is 1.62. The second-order valence-corrected chi connectivity index (χ2v) is 3.73. The van der Waals surface area contributed by atoms with Gasteiger partial charge in [0.15, 0.2) is 0 Å². The minimum Gasteiger partial charge on any atom is -0.497 e. The van der Waals surface area contributed by atoms with Crippen molar-refractivity contribution >= 4 is 12.3 Å². The summed E-state index contributed by atoms with van der Waals surface area (Å²) in [7, 11) is 2.91. The zero-order valence-electron chi connectivity index (χ0n) is 10.0. The van der Waals surface area contributed by atoms with Crippen LogP contribution in [0.3, 0.4) is 0 Å². The summed E-state index contributed by atoms with van der Waals surface area (Å²) in [6.07, 6.45) is 1.44. The molecular formula is C13H16O4. The number of benzene rings is 1. The Balaban J connectivity index is 2.60. The predicted molar refractivity (Wildman–Crippen MR) is 62.9 cm³/mol. The average molecular weight is 236 g/mol. The van der Waals surface area contributed by atoms with Crippen molar-refractivity contribution in [1.82, 2.24) is 0 Å². The lowest BCUT2D eigenvalue weighted by atomic mass is 9.97. The quantitative estimate of drug-likeness (QED) is 0.556. The Labute approximate surface area is 101 Å². The summed E-state index contributed by atoms with van der Waals surface area (Å²) in [4.78, 5) is 21.9. The number of methoxy groups -OCH3 is 2. The van der Waals surface area contributed by atoms with Gasteiger partial charge in [0, 0.05) is 5.92 Å². The van der Waals surface area contributed by atoms with Crippen molar-refractivity contribution in [3.8, 4) is 5.75 Å². The maximum atomic E-state index is 11.1. The highest BCUT2D eigenvalue weighted by molar-refractivity contribution is 5.73. The zero-order chi connectivity index (χ0) is 12.7. The SMILES string of the molecule is COC(=O)CC(C=O)Cc1ccc(OC)cc1. The second-order valence-electron chi connectivity index (χ2n) is 3.73. The molecule has 1 aromatic rings. The standard InChI is InChI=1S/C13H16O4/c1-16-12-5-3-10(4-6-12)7-11(9-14)8-13(15)17-2/h3-6,9,11H,7-8H2,1-2H3. The molecule has 92 valence electrons. The number of hydrogen-bond donors (Lipinski definition) is 0. The summed E-state index contributed by atoms with van der Waals surface area (Å²) >= 11 is 0. The van der Waals surface area contributed by atoms with Gasteiger partial charge in [-0.15, -0.1) is 0 Å². The van der Waals surface area contributed by atoms with Crippen molar-refractivity contribution < 1.29 is 19.1 Å². The Morgan fingerprint density at radius 2 is 1.94 bits per heavy atom. The van der Waals surface area contributed by atoms with E-state index in [0.717, 1.165) is 17.6 Å². The molecule has 1 atom stereocenters. The number of esters is 1. The Morgan fingerprint density at radius 1 is 1.29 bits per heavy atom. The monoisotopic (exact) mass is 236 g/mol. The maximum absolute atomic E-state index is 11.1. The highest BCUT2D eigenvalue weighted by atomic mass is 16.5. The molecule has 1 rings (SSSR count). The van der Waals surface area contributed by atoms with E-state index in [4.69, 9.17) is 4.74 Å². The summed E-state index contributed by atoms with van der Waals surface area (Å²) < 4.78 is 9.58. The van der Waals surface area contributed by atoms with Gasteiger partial charge in [0.05, 0.1) is 20.6 Å². The number of hydrogen-bond acceptors (Lipinski definition) is 4. The van der Waals surface area contributed by atoms with E-state index in [-0.39, 0.29) is 18.3 Å². The Bertz CT molecular complexity index is 370. The third-order valence-corrected chi connectivity index (χ3v) is 2.51. The van der Waals surface area contributed by atoms with E-state index in [1.807, 2.05) is 24.3 Å². The molecule has 0 heterocycles. The molecule has 1 aromatic carbocycles. The van der Waals surface area contributed by atoms with Crippen molar-refractivity contribution in [2.24, 2.45) is 5.92 Å². The summed E-state index contributed by atoms with van der Waals surface area (Å²) in [6, 6.07) is 7.42. The molecule has 4 nitrogen and oxygen atoms in total. The molecule has 0 amide bonds. The van der Waals surface area contributed by atoms with Crippen LogP contribution >= 0.6 is 0 Å². The first-order chi connectivity index (χ1) is 8.19. The fourth-order valence-electron chi connectivity index (χ4n) is 1.53. The van der Waals surface area contributed by atoms with Crippen molar-refractivity contribution in [3.63, 3.8) is 0 Å². The van der Waals surface area contributed by atoms with E-state index in [0.29, 0.717) is 6.42 Å². The van der Waals surface area contributed by atoms with Crippen LogP contribution in [0.1, 0.15) is 12.0 Å². The van der Waals surface area contributed by atoms with Gasteiger partial charge in [0.2, 0.25) is 0 Å². The summed E-state index contributed by atoms with van der Waals surface area (Å²) in [5, 5.41) is 0. The van der Waals surface area contributed by atoms with Crippen LogP contribution in [0.5, 0.6) is 5.75 Å². The van der Waals surface area contributed by atoms with Crippen LogP contribution in [0.25, 0.3) is 0 Å². The van der Waals surface area contributed by atoms with E-state index in [9.17, 15) is 9.59 Å². The molecule has 0 saturated carbocycles. The van der Waals surface area contributed by atoms with Crippen LogP contribution in [0.15, 0.2) is 24.3 Å². The molecule has 0 aliphatic rings. The van der Waals surface area contributed by atoms with Gasteiger partial charge in [-0.1, -0.05) is 12.1 Å². The Kier molecular flexibility index (Phi) is 5.20. The lowest BCUT2D eigenvalue weighted by Crippen LogP contribution is -2.13. The van der Waals surface area contributed by atoms with Crippen LogP contribution in [0.4, 0.5) is 0 Å². The highest BCUT2D eigenvalue weighted by Crippen LogP contribution is 2.15. The number of carbonyl (C=O) groups is 2. The molecule has 0 aromatic heterocycles. The van der Waals surface area contributed by atoms with Gasteiger partial charge in [0.25, 0.3) is 0 Å². The van der Waals surface area contributed by atoms with Crippen LogP contribution in [-0.2, 0) is 20.7 Å². The topological polar surface area (TPSA) is 52.6 Å². The number of carbonyl (C=O) groups excluding carboxylic acids is 2. The molecule has 0 aliphatic carbocycles. The van der Waals surface area contributed by atoms with E-state index in [1.165, 1.54) is 7.11 Å². The number of ether oxygens (including phenoxy) is 2. The molecule has 0 bridgehead atoms. The van der Waals surface area contributed by atoms with Crippen molar-refractivity contribution in [3.05, 3.63) is 29.8 Å². The molecule has 1 unspecified atom stereocenters.